The van der Waals surface area contributed by atoms with Crippen molar-refractivity contribution in [1.82, 2.24) is 4.90 Å². The predicted molar refractivity (Wildman–Crippen MR) is 92.7 cm³/mol. The number of aliphatic hydroxyl groups excluding tert-OH is 1. The Morgan fingerprint density at radius 1 is 1.25 bits per heavy atom. The van der Waals surface area contributed by atoms with Crippen LogP contribution >= 0.6 is 0 Å². The lowest BCUT2D eigenvalue weighted by Crippen LogP contribution is -2.35. The molecule has 0 heterocycles. The zero-order valence-corrected chi connectivity index (χ0v) is 14.2. The highest BCUT2D eigenvalue weighted by molar-refractivity contribution is 5.90. The van der Waals surface area contributed by atoms with Crippen LogP contribution in [-0.4, -0.2) is 62.5 Å². The topological polar surface area (TPSA) is 68.2 Å². The fourth-order valence-electron chi connectivity index (χ4n) is 2.16. The highest BCUT2D eigenvalue weighted by Crippen LogP contribution is 2.28. The number of carbonyl (C=O) groups is 1. The summed E-state index contributed by atoms with van der Waals surface area (Å²) < 4.78 is 15.5. The van der Waals surface area contributed by atoms with E-state index in [0.717, 1.165) is 0 Å². The predicted octanol–water partition coefficient (Wildman–Crippen LogP) is 1.90. The van der Waals surface area contributed by atoms with Gasteiger partial charge < -0.3 is 19.3 Å². The van der Waals surface area contributed by atoms with Crippen LogP contribution in [0.5, 0.6) is 11.5 Å². The normalized spacial score (nSPS) is 11.7. The van der Waals surface area contributed by atoms with Crippen LogP contribution < -0.4 is 9.47 Å². The van der Waals surface area contributed by atoms with E-state index in [0.29, 0.717) is 36.7 Å². The van der Waals surface area contributed by atoms with Crippen molar-refractivity contribution in [2.24, 2.45) is 0 Å². The molecule has 0 unspecified atom stereocenters. The Labute approximate surface area is 142 Å². The summed E-state index contributed by atoms with van der Waals surface area (Å²) in [5, 5.41) is 10.1. The van der Waals surface area contributed by atoms with Crippen molar-refractivity contribution in [3.8, 4) is 11.5 Å². The van der Waals surface area contributed by atoms with E-state index in [9.17, 15) is 9.90 Å². The zero-order valence-electron chi connectivity index (χ0n) is 14.2. The van der Waals surface area contributed by atoms with Crippen LogP contribution in [0.3, 0.4) is 0 Å². The first-order chi connectivity index (χ1) is 11.5. The second-order valence-electron chi connectivity index (χ2n) is 5.12. The third-order valence-electron chi connectivity index (χ3n) is 3.26. The summed E-state index contributed by atoms with van der Waals surface area (Å²) in [5.41, 5.74) is 0.366. The summed E-state index contributed by atoms with van der Waals surface area (Å²) >= 11 is 0. The summed E-state index contributed by atoms with van der Waals surface area (Å²) in [7, 11) is 2.80. The molecule has 1 N–H and O–H groups in total. The van der Waals surface area contributed by atoms with E-state index in [1.807, 2.05) is 4.90 Å². The van der Waals surface area contributed by atoms with E-state index in [-0.39, 0.29) is 6.61 Å². The molecule has 0 saturated carbocycles. The van der Waals surface area contributed by atoms with Gasteiger partial charge in [0.25, 0.3) is 0 Å². The molecule has 1 atom stereocenters. The van der Waals surface area contributed by atoms with E-state index in [4.69, 9.17) is 9.47 Å². The van der Waals surface area contributed by atoms with Gasteiger partial charge in [-0.1, -0.05) is 12.2 Å². The molecule has 24 heavy (non-hydrogen) atoms. The van der Waals surface area contributed by atoms with Crippen molar-refractivity contribution in [3.05, 3.63) is 49.1 Å². The molecule has 132 valence electrons. The van der Waals surface area contributed by atoms with E-state index in [2.05, 4.69) is 17.9 Å². The lowest BCUT2D eigenvalue weighted by molar-refractivity contribution is 0.0599. The molecule has 0 radical (unpaired) electrons. The number of ether oxygens (including phenoxy) is 3. The first-order valence-corrected chi connectivity index (χ1v) is 7.57. The van der Waals surface area contributed by atoms with Gasteiger partial charge in [-0.15, -0.1) is 13.2 Å². The fourth-order valence-corrected chi connectivity index (χ4v) is 2.16. The maximum absolute atomic E-state index is 11.5. The number of carbonyl (C=O) groups excluding carboxylic acids is 1. The van der Waals surface area contributed by atoms with Crippen LogP contribution in [0.25, 0.3) is 0 Å². The number of aliphatic hydroxyl groups is 1. The van der Waals surface area contributed by atoms with E-state index in [1.165, 1.54) is 20.3 Å². The van der Waals surface area contributed by atoms with E-state index >= 15 is 0 Å². The molecule has 1 rings (SSSR count). The minimum atomic E-state index is -0.685. The summed E-state index contributed by atoms with van der Waals surface area (Å²) in [5.74, 6) is 0.395. The second-order valence-corrected chi connectivity index (χ2v) is 5.12. The van der Waals surface area contributed by atoms with Crippen LogP contribution in [0, 0.1) is 0 Å². The molecule has 0 aliphatic carbocycles. The molecule has 0 aliphatic heterocycles. The van der Waals surface area contributed by atoms with Crippen LogP contribution in [0.2, 0.25) is 0 Å². The summed E-state index contributed by atoms with van der Waals surface area (Å²) in [6, 6.07) is 4.73. The third kappa shape index (κ3) is 6.06. The number of hydrogen-bond donors (Lipinski definition) is 1. The van der Waals surface area contributed by atoms with Gasteiger partial charge in [0.05, 0.1) is 19.8 Å². The first-order valence-electron chi connectivity index (χ1n) is 7.57. The molecule has 0 aromatic heterocycles. The smallest absolute Gasteiger partial charge is 0.337 e. The lowest BCUT2D eigenvalue weighted by atomic mass is 10.2. The molecule has 0 saturated heterocycles. The Hall–Kier alpha value is -2.31. The number of rotatable bonds is 11. The van der Waals surface area contributed by atoms with Gasteiger partial charge in [-0.25, -0.2) is 4.79 Å². The van der Waals surface area contributed by atoms with Crippen molar-refractivity contribution < 1.29 is 24.1 Å². The second kappa shape index (κ2) is 10.5. The maximum Gasteiger partial charge on any atom is 0.337 e. The molecular formula is C18H25NO5. The Morgan fingerprint density at radius 2 is 1.92 bits per heavy atom. The monoisotopic (exact) mass is 335 g/mol. The van der Waals surface area contributed by atoms with Crippen molar-refractivity contribution in [3.63, 3.8) is 0 Å². The Kier molecular flexibility index (Phi) is 8.60. The van der Waals surface area contributed by atoms with Crippen molar-refractivity contribution in [2.75, 3.05) is 40.5 Å². The number of hydrogen-bond acceptors (Lipinski definition) is 6. The first kappa shape index (κ1) is 19.7. The summed E-state index contributed by atoms with van der Waals surface area (Å²) in [6.45, 7) is 9.22. The van der Waals surface area contributed by atoms with Crippen LogP contribution in [-0.2, 0) is 4.74 Å². The summed E-state index contributed by atoms with van der Waals surface area (Å²) in [4.78, 5) is 13.5. The van der Waals surface area contributed by atoms with Gasteiger partial charge in [0.15, 0.2) is 11.5 Å². The quantitative estimate of drug-likeness (QED) is 0.492. The SMILES string of the molecule is C=CCN(CC=C)C[C@H](O)COc1ccc(C(=O)OC)cc1OC. The van der Waals surface area contributed by atoms with Gasteiger partial charge in [0.1, 0.15) is 12.7 Å². The molecule has 1 aromatic carbocycles. The average Bonchev–Trinajstić information content (AvgIpc) is 2.59. The Bertz CT molecular complexity index is 548. The average molecular weight is 335 g/mol. The third-order valence-corrected chi connectivity index (χ3v) is 3.26. The summed E-state index contributed by atoms with van der Waals surface area (Å²) in [6.07, 6.45) is 2.85. The molecule has 0 fully saturated rings. The molecule has 1 aromatic rings. The molecule has 0 bridgehead atoms. The van der Waals surface area contributed by atoms with Gasteiger partial charge in [0.2, 0.25) is 0 Å². The highest BCUT2D eigenvalue weighted by Gasteiger charge is 2.14. The molecule has 0 aliphatic rings. The molecular weight excluding hydrogens is 310 g/mol. The molecule has 0 amide bonds. The zero-order chi connectivity index (χ0) is 17.9. The number of nitrogens with zero attached hydrogens (tertiary/aromatic N) is 1. The van der Waals surface area contributed by atoms with E-state index < -0.39 is 12.1 Å². The molecule has 0 spiro atoms. The highest BCUT2D eigenvalue weighted by atomic mass is 16.5. The number of benzene rings is 1. The minimum absolute atomic E-state index is 0.0959. The van der Waals surface area contributed by atoms with Gasteiger partial charge in [-0.2, -0.15) is 0 Å². The standard InChI is InChI=1S/C18H25NO5/c1-5-9-19(10-6-2)12-15(20)13-24-16-8-7-14(18(21)23-4)11-17(16)22-3/h5-8,11,15,20H,1-2,9-10,12-13H2,3-4H3/t15-/m0/s1. The van der Waals surface area contributed by atoms with Gasteiger partial charge in [-0.3, -0.25) is 4.90 Å². The van der Waals surface area contributed by atoms with Gasteiger partial charge >= 0.3 is 5.97 Å². The van der Waals surface area contributed by atoms with Crippen molar-refractivity contribution in [1.29, 1.82) is 0 Å². The molecule has 6 heteroatoms. The number of methoxy groups -OCH3 is 2. The Balaban J connectivity index is 2.67. The molecule has 6 nitrogen and oxygen atoms in total. The van der Waals surface area contributed by atoms with Crippen molar-refractivity contribution >= 4 is 5.97 Å². The van der Waals surface area contributed by atoms with Gasteiger partial charge in [0, 0.05) is 19.6 Å². The van der Waals surface area contributed by atoms with Crippen LogP contribution in [0.4, 0.5) is 0 Å². The fraction of sp³-hybridized carbons (Fsp3) is 0.389. The minimum Gasteiger partial charge on any atom is -0.493 e. The Morgan fingerprint density at radius 3 is 2.46 bits per heavy atom. The van der Waals surface area contributed by atoms with E-state index in [1.54, 1.807) is 24.3 Å². The lowest BCUT2D eigenvalue weighted by Gasteiger charge is -2.22. The largest absolute Gasteiger partial charge is 0.493 e. The van der Waals surface area contributed by atoms with Gasteiger partial charge in [-0.05, 0) is 18.2 Å². The van der Waals surface area contributed by atoms with Crippen LogP contribution in [0.15, 0.2) is 43.5 Å². The van der Waals surface area contributed by atoms with Crippen LogP contribution in [0.1, 0.15) is 10.4 Å². The maximum atomic E-state index is 11.5. The van der Waals surface area contributed by atoms with Crippen molar-refractivity contribution in [2.45, 2.75) is 6.10 Å². The number of esters is 1.